The van der Waals surface area contributed by atoms with Crippen LogP contribution in [0.4, 0.5) is 0 Å². The Bertz CT molecular complexity index is 595. The second kappa shape index (κ2) is 11.1. The van der Waals surface area contributed by atoms with Gasteiger partial charge in [0.05, 0.1) is 0 Å². The summed E-state index contributed by atoms with van der Waals surface area (Å²) in [6.07, 6.45) is 3.32. The number of hydrogen-bond acceptors (Lipinski definition) is 5. The van der Waals surface area contributed by atoms with E-state index >= 15 is 0 Å². The van der Waals surface area contributed by atoms with Crippen LogP contribution in [0.5, 0.6) is 11.5 Å². The van der Waals surface area contributed by atoms with Crippen molar-refractivity contribution in [2.24, 2.45) is 4.99 Å². The van der Waals surface area contributed by atoms with Crippen LogP contribution >= 0.6 is 35.7 Å². The van der Waals surface area contributed by atoms with E-state index in [-0.39, 0.29) is 24.0 Å². The smallest absolute Gasteiger partial charge is 0.231 e. The van der Waals surface area contributed by atoms with Gasteiger partial charge in [0.15, 0.2) is 17.5 Å². The number of nitrogens with one attached hydrogen (secondary N) is 1. The first-order chi connectivity index (χ1) is 12.3. The van der Waals surface area contributed by atoms with E-state index in [0.29, 0.717) is 6.79 Å². The van der Waals surface area contributed by atoms with E-state index in [4.69, 9.17) is 9.47 Å². The van der Waals surface area contributed by atoms with Gasteiger partial charge in [0, 0.05) is 46.3 Å². The molecule has 2 heterocycles. The Labute approximate surface area is 177 Å². The molecule has 0 unspecified atom stereocenters. The number of guanidine groups is 1. The maximum Gasteiger partial charge on any atom is 0.231 e. The van der Waals surface area contributed by atoms with E-state index in [1.54, 1.807) is 0 Å². The zero-order valence-electron chi connectivity index (χ0n) is 15.6. The standard InChI is InChI=1S/C18H28N4O2S.HI/c1-19-18(20-6-3-11-25-2)22-9-7-21(8-10-22)13-15-4-5-16-17(12-15)24-14-23-16;/h4-5,12H,3,6-11,13-14H2,1-2H3,(H,19,20);1H. The number of hydrogen-bond donors (Lipinski definition) is 1. The molecular formula is C18H29IN4O2S. The van der Waals surface area contributed by atoms with Crippen molar-refractivity contribution in [3.05, 3.63) is 23.8 Å². The Kier molecular flexibility index (Phi) is 9.13. The molecule has 3 rings (SSSR count). The minimum absolute atomic E-state index is 0. The minimum Gasteiger partial charge on any atom is -0.454 e. The Morgan fingerprint density at radius 3 is 2.69 bits per heavy atom. The van der Waals surface area contributed by atoms with Crippen molar-refractivity contribution >= 4 is 41.7 Å². The van der Waals surface area contributed by atoms with Crippen molar-refractivity contribution in [2.45, 2.75) is 13.0 Å². The first kappa shape index (κ1) is 21.4. The highest BCUT2D eigenvalue weighted by molar-refractivity contribution is 14.0. The topological polar surface area (TPSA) is 49.3 Å². The Morgan fingerprint density at radius 1 is 1.19 bits per heavy atom. The van der Waals surface area contributed by atoms with Gasteiger partial charge in [0.25, 0.3) is 0 Å². The third-order valence-corrected chi connectivity index (χ3v) is 5.23. The van der Waals surface area contributed by atoms with Crippen LogP contribution in [0.15, 0.2) is 23.2 Å². The fourth-order valence-electron chi connectivity index (χ4n) is 3.16. The number of thioether (sulfide) groups is 1. The molecule has 0 saturated carbocycles. The SMILES string of the molecule is CN=C(NCCCSC)N1CCN(Cc2ccc3c(c2)OCO3)CC1.I. The molecule has 0 aliphatic carbocycles. The maximum absolute atomic E-state index is 5.47. The summed E-state index contributed by atoms with van der Waals surface area (Å²) in [5.74, 6) is 3.94. The highest BCUT2D eigenvalue weighted by Gasteiger charge is 2.20. The first-order valence-electron chi connectivity index (χ1n) is 8.85. The summed E-state index contributed by atoms with van der Waals surface area (Å²) in [6, 6.07) is 6.24. The Hall–Kier alpha value is -0.870. The summed E-state index contributed by atoms with van der Waals surface area (Å²) in [7, 11) is 1.87. The molecule has 0 atom stereocenters. The van der Waals surface area contributed by atoms with Gasteiger partial charge in [-0.25, -0.2) is 0 Å². The van der Waals surface area contributed by atoms with E-state index in [1.165, 1.54) is 17.7 Å². The van der Waals surface area contributed by atoms with Gasteiger partial charge in [0.2, 0.25) is 6.79 Å². The number of aliphatic imine (C=N–C) groups is 1. The molecule has 2 aliphatic heterocycles. The van der Waals surface area contributed by atoms with Crippen molar-refractivity contribution in [3.8, 4) is 11.5 Å². The Balaban J connectivity index is 0.00000243. The number of piperazine rings is 1. The van der Waals surface area contributed by atoms with E-state index < -0.39 is 0 Å². The molecule has 6 nitrogen and oxygen atoms in total. The quantitative estimate of drug-likeness (QED) is 0.285. The lowest BCUT2D eigenvalue weighted by Gasteiger charge is -2.36. The fraction of sp³-hybridized carbons (Fsp3) is 0.611. The molecule has 26 heavy (non-hydrogen) atoms. The van der Waals surface area contributed by atoms with Crippen LogP contribution in [0.3, 0.4) is 0 Å². The molecule has 2 aliphatic rings. The monoisotopic (exact) mass is 492 g/mol. The molecule has 146 valence electrons. The average Bonchev–Trinajstić information content (AvgIpc) is 3.11. The van der Waals surface area contributed by atoms with Crippen LogP contribution in [0.1, 0.15) is 12.0 Å². The van der Waals surface area contributed by atoms with Crippen LogP contribution in [0.2, 0.25) is 0 Å². The summed E-state index contributed by atoms with van der Waals surface area (Å²) >= 11 is 1.89. The maximum atomic E-state index is 5.47. The summed E-state index contributed by atoms with van der Waals surface area (Å²) in [6.45, 7) is 6.37. The van der Waals surface area contributed by atoms with E-state index in [0.717, 1.165) is 56.7 Å². The lowest BCUT2D eigenvalue weighted by atomic mass is 10.1. The van der Waals surface area contributed by atoms with Gasteiger partial charge in [-0.3, -0.25) is 9.89 Å². The molecule has 1 aromatic rings. The van der Waals surface area contributed by atoms with Crippen molar-refractivity contribution < 1.29 is 9.47 Å². The van der Waals surface area contributed by atoms with Crippen LogP contribution in [-0.2, 0) is 6.54 Å². The second-order valence-corrected chi connectivity index (χ2v) is 7.26. The zero-order valence-corrected chi connectivity index (χ0v) is 18.7. The molecular weight excluding hydrogens is 463 g/mol. The molecule has 1 aromatic carbocycles. The molecule has 0 aromatic heterocycles. The van der Waals surface area contributed by atoms with Gasteiger partial charge in [0.1, 0.15) is 0 Å². The van der Waals surface area contributed by atoms with Gasteiger partial charge in [-0.2, -0.15) is 11.8 Å². The lowest BCUT2D eigenvalue weighted by molar-refractivity contribution is 0.171. The van der Waals surface area contributed by atoms with Gasteiger partial charge in [-0.05, 0) is 36.1 Å². The van der Waals surface area contributed by atoms with Gasteiger partial charge >= 0.3 is 0 Å². The number of fused-ring (bicyclic) bond motifs is 1. The van der Waals surface area contributed by atoms with E-state index in [2.05, 4.69) is 38.5 Å². The second-order valence-electron chi connectivity index (χ2n) is 6.27. The van der Waals surface area contributed by atoms with Gasteiger partial charge in [-0.15, -0.1) is 24.0 Å². The molecule has 0 spiro atoms. The third-order valence-electron chi connectivity index (χ3n) is 4.54. The van der Waals surface area contributed by atoms with Crippen molar-refractivity contribution in [3.63, 3.8) is 0 Å². The largest absolute Gasteiger partial charge is 0.454 e. The highest BCUT2D eigenvalue weighted by Crippen LogP contribution is 2.32. The molecule has 8 heteroatoms. The van der Waals surface area contributed by atoms with Crippen molar-refractivity contribution in [1.82, 2.24) is 15.1 Å². The highest BCUT2D eigenvalue weighted by atomic mass is 127. The van der Waals surface area contributed by atoms with Crippen LogP contribution in [-0.4, -0.2) is 74.3 Å². The zero-order chi connectivity index (χ0) is 17.5. The lowest BCUT2D eigenvalue weighted by Crippen LogP contribution is -2.52. The average molecular weight is 492 g/mol. The number of benzene rings is 1. The summed E-state index contributed by atoms with van der Waals surface area (Å²) in [5, 5.41) is 3.48. The van der Waals surface area contributed by atoms with Crippen molar-refractivity contribution in [2.75, 3.05) is 58.6 Å². The van der Waals surface area contributed by atoms with Gasteiger partial charge < -0.3 is 19.7 Å². The van der Waals surface area contributed by atoms with Crippen LogP contribution in [0.25, 0.3) is 0 Å². The van der Waals surface area contributed by atoms with Crippen LogP contribution < -0.4 is 14.8 Å². The number of halogens is 1. The van der Waals surface area contributed by atoms with Gasteiger partial charge in [-0.1, -0.05) is 6.07 Å². The molecule has 0 amide bonds. The fourth-order valence-corrected chi connectivity index (χ4v) is 3.60. The number of nitrogens with zero attached hydrogens (tertiary/aromatic N) is 3. The summed E-state index contributed by atoms with van der Waals surface area (Å²) in [5.41, 5.74) is 1.28. The third kappa shape index (κ3) is 5.82. The van der Waals surface area contributed by atoms with E-state index in [9.17, 15) is 0 Å². The Morgan fingerprint density at radius 2 is 1.96 bits per heavy atom. The van der Waals surface area contributed by atoms with Crippen LogP contribution in [0, 0.1) is 0 Å². The number of rotatable bonds is 6. The molecule has 1 saturated heterocycles. The predicted molar refractivity (Wildman–Crippen MR) is 119 cm³/mol. The molecule has 0 bridgehead atoms. The minimum atomic E-state index is 0. The summed E-state index contributed by atoms with van der Waals surface area (Å²) < 4.78 is 10.9. The molecule has 0 radical (unpaired) electrons. The summed E-state index contributed by atoms with van der Waals surface area (Å²) in [4.78, 5) is 9.27. The normalized spacial score (nSPS) is 17.2. The first-order valence-corrected chi connectivity index (χ1v) is 10.2. The number of ether oxygens (including phenoxy) is 2. The van der Waals surface area contributed by atoms with E-state index in [1.807, 2.05) is 24.9 Å². The van der Waals surface area contributed by atoms with Crippen molar-refractivity contribution in [1.29, 1.82) is 0 Å². The predicted octanol–water partition coefficient (Wildman–Crippen LogP) is 2.48. The molecule has 1 fully saturated rings. The molecule has 1 N–H and O–H groups in total.